The average molecular weight is 602 g/mol. The molecule has 1 aromatic carbocycles. The maximum atomic E-state index is 13.5. The molecule has 0 saturated carbocycles. The van der Waals surface area contributed by atoms with E-state index in [2.05, 4.69) is 10.6 Å². The summed E-state index contributed by atoms with van der Waals surface area (Å²) in [4.78, 5) is 66.0. The van der Waals surface area contributed by atoms with Crippen molar-refractivity contribution in [3.05, 3.63) is 27.7 Å². The van der Waals surface area contributed by atoms with Gasteiger partial charge in [0.05, 0.1) is 31.4 Å². The first kappa shape index (κ1) is 31.3. The minimum absolute atomic E-state index is 0.0354. The molecule has 220 valence electrons. The van der Waals surface area contributed by atoms with Crippen LogP contribution in [0.4, 0.5) is 4.79 Å². The molecule has 2 fully saturated rings. The molecule has 3 amide bonds. The summed E-state index contributed by atoms with van der Waals surface area (Å²) >= 11 is 12.3. The molecule has 0 bridgehead atoms. The van der Waals surface area contributed by atoms with Gasteiger partial charge in [-0.3, -0.25) is 9.59 Å². The van der Waals surface area contributed by atoms with Crippen molar-refractivity contribution < 1.29 is 42.9 Å². The largest absolute Gasteiger partial charge is 0.494 e. The van der Waals surface area contributed by atoms with Crippen LogP contribution in [0, 0.1) is 0 Å². The lowest BCUT2D eigenvalue weighted by Crippen LogP contribution is -2.53. The lowest BCUT2D eigenvalue weighted by atomic mass is 9.92. The van der Waals surface area contributed by atoms with E-state index >= 15 is 0 Å². The zero-order valence-electron chi connectivity index (χ0n) is 23.1. The Morgan fingerprint density at radius 3 is 2.25 bits per heavy atom. The Morgan fingerprint density at radius 2 is 1.73 bits per heavy atom. The van der Waals surface area contributed by atoms with E-state index < -0.39 is 59.1 Å². The summed E-state index contributed by atoms with van der Waals surface area (Å²) < 4.78 is 20.3. The zero-order valence-corrected chi connectivity index (χ0v) is 24.6. The van der Waals surface area contributed by atoms with Gasteiger partial charge in [-0.05, 0) is 52.2 Å². The average Bonchev–Trinajstić information content (AvgIpc) is 3.36. The van der Waals surface area contributed by atoms with Gasteiger partial charge in [-0.25, -0.2) is 14.4 Å². The number of nitrogens with one attached hydrogen (secondary N) is 2. The number of rotatable bonds is 8. The maximum absolute atomic E-state index is 13.5. The monoisotopic (exact) mass is 601 g/mol. The maximum Gasteiger partial charge on any atom is 0.408 e. The lowest BCUT2D eigenvalue weighted by molar-refractivity contribution is -0.156. The van der Waals surface area contributed by atoms with Gasteiger partial charge in [0, 0.05) is 18.0 Å². The third-order valence-electron chi connectivity index (χ3n) is 6.81. The number of fused-ring (bicyclic) bond motifs is 1. The zero-order chi connectivity index (χ0) is 30.0. The summed E-state index contributed by atoms with van der Waals surface area (Å²) in [5, 5.41) is 5.34. The number of hydrogen-bond acceptors (Lipinski definition) is 9. The Kier molecular flexibility index (Phi) is 9.46. The molecule has 0 unspecified atom stereocenters. The summed E-state index contributed by atoms with van der Waals surface area (Å²) in [6.07, 6.45) is -0.343. The van der Waals surface area contributed by atoms with Crippen LogP contribution in [0.1, 0.15) is 56.8 Å². The van der Waals surface area contributed by atoms with Crippen molar-refractivity contribution >= 4 is 53.0 Å². The highest BCUT2D eigenvalue weighted by Gasteiger charge is 2.62. The Bertz CT molecular complexity index is 1180. The summed E-state index contributed by atoms with van der Waals surface area (Å²) in [7, 11) is 3.76. The number of amides is 3. The van der Waals surface area contributed by atoms with Crippen molar-refractivity contribution in [3.8, 4) is 5.75 Å². The van der Waals surface area contributed by atoms with Crippen molar-refractivity contribution in [1.82, 2.24) is 15.5 Å². The Labute approximate surface area is 241 Å². The minimum atomic E-state index is -1.35. The number of nitrogens with zero attached hydrogens (tertiary/aromatic N) is 1. The topological polar surface area (TPSA) is 150 Å². The number of carbonyl (C=O) groups excluding carboxylic acids is 5. The minimum Gasteiger partial charge on any atom is -0.494 e. The van der Waals surface area contributed by atoms with Gasteiger partial charge in [0.2, 0.25) is 5.91 Å². The number of halogens is 2. The summed E-state index contributed by atoms with van der Waals surface area (Å²) in [6, 6.07) is -0.229. The summed E-state index contributed by atoms with van der Waals surface area (Å²) in [6.45, 7) is 5.05. The van der Waals surface area contributed by atoms with Gasteiger partial charge in [-0.15, -0.1) is 0 Å². The molecule has 4 atom stereocenters. The highest BCUT2D eigenvalue weighted by Crippen LogP contribution is 2.45. The number of ether oxygens (including phenoxy) is 4. The van der Waals surface area contributed by atoms with E-state index in [1.807, 2.05) is 0 Å². The quantitative estimate of drug-likeness (QED) is 0.338. The van der Waals surface area contributed by atoms with Crippen molar-refractivity contribution in [2.75, 3.05) is 21.3 Å². The predicted octanol–water partition coefficient (Wildman–Crippen LogP) is 2.86. The number of esters is 2. The molecular formula is C26H33Cl2N3O9. The molecule has 1 aromatic rings. The van der Waals surface area contributed by atoms with E-state index in [0.29, 0.717) is 6.42 Å². The first-order valence-electron chi connectivity index (χ1n) is 12.5. The molecular weight excluding hydrogens is 569 g/mol. The van der Waals surface area contributed by atoms with E-state index in [-0.39, 0.29) is 40.6 Å². The first-order valence-corrected chi connectivity index (χ1v) is 13.3. The molecule has 2 saturated heterocycles. The number of benzene rings is 1. The highest BCUT2D eigenvalue weighted by molar-refractivity contribution is 6.37. The van der Waals surface area contributed by atoms with E-state index in [9.17, 15) is 24.0 Å². The molecule has 0 radical (unpaired) electrons. The third-order valence-corrected chi connectivity index (χ3v) is 7.38. The fourth-order valence-electron chi connectivity index (χ4n) is 5.20. The van der Waals surface area contributed by atoms with Crippen molar-refractivity contribution in [1.29, 1.82) is 0 Å². The third kappa shape index (κ3) is 6.38. The first-order chi connectivity index (χ1) is 18.7. The number of carbonyl (C=O) groups is 5. The molecule has 2 N–H and O–H groups in total. The molecule has 3 rings (SSSR count). The van der Waals surface area contributed by atoms with Gasteiger partial charge < -0.3 is 34.5 Å². The van der Waals surface area contributed by atoms with Gasteiger partial charge in [0.1, 0.15) is 23.2 Å². The normalized spacial score (nSPS) is 22.7. The van der Waals surface area contributed by atoms with E-state index in [1.165, 1.54) is 31.3 Å². The Morgan fingerprint density at radius 1 is 1.10 bits per heavy atom. The van der Waals surface area contributed by atoms with Gasteiger partial charge in [0.15, 0.2) is 5.75 Å². The molecule has 0 aromatic heterocycles. The fourth-order valence-corrected chi connectivity index (χ4v) is 5.85. The van der Waals surface area contributed by atoms with Gasteiger partial charge in [-0.1, -0.05) is 23.2 Å². The van der Waals surface area contributed by atoms with E-state index in [0.717, 1.165) is 7.11 Å². The number of hydrogen-bond donors (Lipinski definition) is 2. The van der Waals surface area contributed by atoms with Crippen molar-refractivity contribution in [2.24, 2.45) is 0 Å². The SMILES string of the molecule is COC(=O)[C@H](C[C@H]1CC[C@]2(C(=O)OC)C[C@H](NC(=O)OC(C)(C)C)C(=O)N12)NC(=O)c1cc(Cl)c(OC)c(Cl)c1. The fraction of sp³-hybridized carbons (Fsp3) is 0.577. The molecule has 0 spiro atoms. The number of methoxy groups -OCH3 is 3. The van der Waals surface area contributed by atoms with Crippen LogP contribution in [-0.2, 0) is 28.6 Å². The van der Waals surface area contributed by atoms with E-state index in [1.54, 1.807) is 20.8 Å². The molecule has 2 aliphatic heterocycles. The van der Waals surface area contributed by atoms with Crippen molar-refractivity contribution in [3.63, 3.8) is 0 Å². The van der Waals surface area contributed by atoms with Crippen LogP contribution in [0.2, 0.25) is 10.0 Å². The van der Waals surface area contributed by atoms with Crippen LogP contribution < -0.4 is 15.4 Å². The van der Waals surface area contributed by atoms with E-state index in [4.69, 9.17) is 42.1 Å². The van der Waals surface area contributed by atoms with Crippen LogP contribution >= 0.6 is 23.2 Å². The molecule has 2 heterocycles. The molecule has 12 nitrogen and oxygen atoms in total. The van der Waals surface area contributed by atoms with Crippen LogP contribution in [0.25, 0.3) is 0 Å². The van der Waals surface area contributed by atoms with Crippen molar-refractivity contribution in [2.45, 2.75) is 75.7 Å². The second-order valence-electron chi connectivity index (χ2n) is 10.6. The number of alkyl carbamates (subject to hydrolysis) is 1. The highest BCUT2D eigenvalue weighted by atomic mass is 35.5. The predicted molar refractivity (Wildman–Crippen MR) is 143 cm³/mol. The molecule has 40 heavy (non-hydrogen) atoms. The molecule has 14 heteroatoms. The lowest BCUT2D eigenvalue weighted by Gasteiger charge is -2.33. The molecule has 2 aliphatic rings. The second-order valence-corrected chi connectivity index (χ2v) is 11.4. The second kappa shape index (κ2) is 12.1. The van der Waals surface area contributed by atoms with Crippen LogP contribution in [0.15, 0.2) is 12.1 Å². The summed E-state index contributed by atoms with van der Waals surface area (Å²) in [5.74, 6) is -2.40. The van der Waals surface area contributed by atoms with Gasteiger partial charge in [0.25, 0.3) is 5.91 Å². The van der Waals surface area contributed by atoms with Crippen LogP contribution in [-0.4, -0.2) is 85.3 Å². The standard InChI is InChI=1S/C26H33Cl2N3O9/c1-25(2,3)40-24(36)30-18-12-26(23(35)39-6)8-7-14(31(26)21(18)33)11-17(22(34)38-5)29-20(32)13-9-15(27)19(37-4)16(28)10-13/h9-10,14,17-18H,7-8,11-12H2,1-6H3,(H,29,32)(H,30,36)/t14-,17+,18+,26-/m1/s1. The Hall–Kier alpha value is -3.25. The van der Waals surface area contributed by atoms with Gasteiger partial charge >= 0.3 is 18.0 Å². The Balaban J connectivity index is 1.85. The van der Waals surface area contributed by atoms with Crippen LogP contribution in [0.3, 0.4) is 0 Å². The molecule has 0 aliphatic carbocycles. The van der Waals surface area contributed by atoms with Gasteiger partial charge in [-0.2, -0.15) is 0 Å². The smallest absolute Gasteiger partial charge is 0.408 e. The summed E-state index contributed by atoms with van der Waals surface area (Å²) in [5.41, 5.74) is -2.08. The van der Waals surface area contributed by atoms with Crippen LogP contribution in [0.5, 0.6) is 5.75 Å².